The van der Waals surface area contributed by atoms with Crippen molar-refractivity contribution in [2.24, 2.45) is 0 Å². The van der Waals surface area contributed by atoms with Crippen molar-refractivity contribution in [2.75, 3.05) is 7.11 Å². The van der Waals surface area contributed by atoms with Gasteiger partial charge in [0.25, 0.3) is 11.6 Å². The Bertz CT molecular complexity index is 793. The van der Waals surface area contributed by atoms with Crippen molar-refractivity contribution >= 4 is 11.6 Å². The van der Waals surface area contributed by atoms with Gasteiger partial charge in [-0.3, -0.25) is 14.9 Å². The number of amides is 1. The van der Waals surface area contributed by atoms with E-state index in [4.69, 9.17) is 9.26 Å². The SMILES string of the molecule is CCC(NC(=O)c1cc(OC)c(C)c([N+](=O)[O-])c1)c1c(C)noc1C. The molecule has 0 radical (unpaired) electrons. The zero-order valence-electron chi connectivity index (χ0n) is 14.9. The van der Waals surface area contributed by atoms with Gasteiger partial charge in [-0.1, -0.05) is 12.1 Å². The molecule has 0 saturated carbocycles. The van der Waals surface area contributed by atoms with E-state index in [0.717, 1.165) is 5.56 Å². The number of nitro benzene ring substituents is 1. The Labute approximate surface area is 145 Å². The van der Waals surface area contributed by atoms with Crippen molar-refractivity contribution in [3.8, 4) is 5.75 Å². The Kier molecular flexibility index (Phi) is 5.41. The van der Waals surface area contributed by atoms with Crippen LogP contribution in [-0.2, 0) is 0 Å². The van der Waals surface area contributed by atoms with E-state index >= 15 is 0 Å². The summed E-state index contributed by atoms with van der Waals surface area (Å²) in [5.41, 5.74) is 1.91. The number of nitrogens with one attached hydrogen (secondary N) is 1. The molecular weight excluding hydrogens is 326 g/mol. The van der Waals surface area contributed by atoms with E-state index in [1.807, 2.05) is 6.92 Å². The lowest BCUT2D eigenvalue weighted by Gasteiger charge is -2.17. The summed E-state index contributed by atoms with van der Waals surface area (Å²) >= 11 is 0. The average molecular weight is 347 g/mol. The van der Waals surface area contributed by atoms with Gasteiger partial charge in [-0.15, -0.1) is 0 Å². The largest absolute Gasteiger partial charge is 0.496 e. The summed E-state index contributed by atoms with van der Waals surface area (Å²) in [6, 6.07) is 2.45. The summed E-state index contributed by atoms with van der Waals surface area (Å²) in [6.07, 6.45) is 0.625. The molecular formula is C17H21N3O5. The first-order valence-electron chi connectivity index (χ1n) is 7.86. The first-order chi connectivity index (χ1) is 11.8. The van der Waals surface area contributed by atoms with Crippen LogP contribution >= 0.6 is 0 Å². The zero-order valence-corrected chi connectivity index (χ0v) is 14.9. The number of carbonyl (C=O) groups excluding carboxylic acids is 1. The number of aryl methyl sites for hydroxylation is 2. The number of hydrogen-bond acceptors (Lipinski definition) is 6. The molecule has 25 heavy (non-hydrogen) atoms. The van der Waals surface area contributed by atoms with E-state index in [0.29, 0.717) is 29.2 Å². The Morgan fingerprint density at radius 1 is 1.40 bits per heavy atom. The number of nitrogens with zero attached hydrogens (tertiary/aromatic N) is 2. The predicted molar refractivity (Wildman–Crippen MR) is 90.9 cm³/mol. The molecule has 8 nitrogen and oxygen atoms in total. The number of benzene rings is 1. The van der Waals surface area contributed by atoms with Gasteiger partial charge in [0, 0.05) is 17.2 Å². The number of hydrogen-bond donors (Lipinski definition) is 1. The maximum atomic E-state index is 12.6. The topological polar surface area (TPSA) is 108 Å². The second kappa shape index (κ2) is 7.33. The highest BCUT2D eigenvalue weighted by Gasteiger charge is 2.24. The summed E-state index contributed by atoms with van der Waals surface area (Å²) in [6.45, 7) is 7.09. The lowest BCUT2D eigenvalue weighted by molar-refractivity contribution is -0.385. The van der Waals surface area contributed by atoms with Crippen LogP contribution in [0.2, 0.25) is 0 Å². The molecule has 1 aromatic heterocycles. The molecule has 0 saturated heterocycles. The maximum Gasteiger partial charge on any atom is 0.276 e. The smallest absolute Gasteiger partial charge is 0.276 e. The normalized spacial score (nSPS) is 11.9. The third-order valence-corrected chi connectivity index (χ3v) is 4.16. The summed E-state index contributed by atoms with van der Waals surface area (Å²) in [5, 5.41) is 18.0. The molecule has 0 aliphatic carbocycles. The lowest BCUT2D eigenvalue weighted by Crippen LogP contribution is -2.29. The molecule has 1 atom stereocenters. The summed E-state index contributed by atoms with van der Waals surface area (Å²) in [7, 11) is 1.41. The number of aromatic nitrogens is 1. The first kappa shape index (κ1) is 18.4. The number of methoxy groups -OCH3 is 1. The van der Waals surface area contributed by atoms with Crippen LogP contribution in [0.1, 0.15) is 52.3 Å². The second-order valence-corrected chi connectivity index (χ2v) is 5.75. The van der Waals surface area contributed by atoms with Crippen LogP contribution in [0.5, 0.6) is 5.75 Å². The van der Waals surface area contributed by atoms with Gasteiger partial charge >= 0.3 is 0 Å². The van der Waals surface area contributed by atoms with Crippen LogP contribution in [0.3, 0.4) is 0 Å². The standard InChI is InChI=1S/C17H21N3O5/c1-6-13(16-10(3)19-25-11(16)4)18-17(21)12-7-14(20(22)23)9(2)15(8-12)24-5/h7-8,13H,6H2,1-5H3,(H,18,21). The molecule has 1 amide bonds. The van der Waals surface area contributed by atoms with Gasteiger partial charge in [-0.05, 0) is 33.3 Å². The van der Waals surface area contributed by atoms with Crippen molar-refractivity contribution in [3.05, 3.63) is 50.4 Å². The quantitative estimate of drug-likeness (QED) is 0.634. The van der Waals surface area contributed by atoms with Crippen molar-refractivity contribution < 1.29 is 19.0 Å². The molecule has 1 unspecified atom stereocenters. The number of rotatable bonds is 6. The molecule has 1 aromatic carbocycles. The van der Waals surface area contributed by atoms with Gasteiger partial charge in [0.2, 0.25) is 0 Å². The fourth-order valence-corrected chi connectivity index (χ4v) is 2.81. The van der Waals surface area contributed by atoms with Crippen LogP contribution in [-0.4, -0.2) is 23.1 Å². The van der Waals surface area contributed by atoms with Crippen LogP contribution < -0.4 is 10.1 Å². The highest BCUT2D eigenvalue weighted by molar-refractivity contribution is 5.96. The van der Waals surface area contributed by atoms with E-state index in [1.165, 1.54) is 19.2 Å². The molecule has 1 heterocycles. The molecule has 8 heteroatoms. The summed E-state index contributed by atoms with van der Waals surface area (Å²) < 4.78 is 10.3. The van der Waals surface area contributed by atoms with Crippen LogP contribution in [0, 0.1) is 30.9 Å². The molecule has 0 fully saturated rings. The third-order valence-electron chi connectivity index (χ3n) is 4.16. The van der Waals surface area contributed by atoms with Gasteiger partial charge in [-0.2, -0.15) is 0 Å². The zero-order chi connectivity index (χ0) is 18.7. The van der Waals surface area contributed by atoms with Gasteiger partial charge in [0.15, 0.2) is 0 Å². The second-order valence-electron chi connectivity index (χ2n) is 5.75. The fraction of sp³-hybridized carbons (Fsp3) is 0.412. The molecule has 134 valence electrons. The summed E-state index contributed by atoms with van der Waals surface area (Å²) in [5.74, 6) is 0.509. The molecule has 0 spiro atoms. The highest BCUT2D eigenvalue weighted by Crippen LogP contribution is 2.30. The minimum Gasteiger partial charge on any atom is -0.496 e. The molecule has 2 rings (SSSR count). The minimum absolute atomic E-state index is 0.158. The van der Waals surface area contributed by atoms with Crippen LogP contribution in [0.15, 0.2) is 16.7 Å². The van der Waals surface area contributed by atoms with Crippen molar-refractivity contribution in [1.82, 2.24) is 10.5 Å². The monoisotopic (exact) mass is 347 g/mol. The van der Waals surface area contributed by atoms with Crippen LogP contribution in [0.4, 0.5) is 5.69 Å². The number of ether oxygens (including phenoxy) is 1. The Balaban J connectivity index is 2.37. The van der Waals surface area contributed by atoms with Gasteiger partial charge in [-0.25, -0.2) is 0 Å². The highest BCUT2D eigenvalue weighted by atomic mass is 16.6. The van der Waals surface area contributed by atoms with Gasteiger partial charge < -0.3 is 14.6 Å². The Morgan fingerprint density at radius 2 is 2.08 bits per heavy atom. The van der Waals surface area contributed by atoms with E-state index in [9.17, 15) is 14.9 Å². The Morgan fingerprint density at radius 3 is 2.56 bits per heavy atom. The van der Waals surface area contributed by atoms with Crippen molar-refractivity contribution in [3.63, 3.8) is 0 Å². The molecule has 0 aliphatic rings. The molecule has 2 aromatic rings. The first-order valence-corrected chi connectivity index (χ1v) is 7.86. The van der Waals surface area contributed by atoms with E-state index in [1.54, 1.807) is 20.8 Å². The molecule has 0 bridgehead atoms. The van der Waals surface area contributed by atoms with Gasteiger partial charge in [0.05, 0.1) is 29.3 Å². The van der Waals surface area contributed by atoms with E-state index < -0.39 is 10.8 Å². The summed E-state index contributed by atoms with van der Waals surface area (Å²) in [4.78, 5) is 23.3. The number of carbonyl (C=O) groups is 1. The average Bonchev–Trinajstić information content (AvgIpc) is 2.91. The molecule has 0 aliphatic heterocycles. The Hall–Kier alpha value is -2.90. The van der Waals surface area contributed by atoms with Gasteiger partial charge in [0.1, 0.15) is 11.5 Å². The van der Waals surface area contributed by atoms with E-state index in [2.05, 4.69) is 10.5 Å². The predicted octanol–water partition coefficient (Wildman–Crippen LogP) is 3.40. The van der Waals surface area contributed by atoms with Crippen molar-refractivity contribution in [1.29, 1.82) is 0 Å². The maximum absolute atomic E-state index is 12.6. The minimum atomic E-state index is -0.528. The lowest BCUT2D eigenvalue weighted by atomic mass is 10.0. The van der Waals surface area contributed by atoms with Crippen molar-refractivity contribution in [2.45, 2.75) is 40.2 Å². The van der Waals surface area contributed by atoms with E-state index in [-0.39, 0.29) is 17.3 Å². The van der Waals surface area contributed by atoms with Crippen LogP contribution in [0.25, 0.3) is 0 Å². The third kappa shape index (κ3) is 3.62. The number of nitro groups is 1. The fourth-order valence-electron chi connectivity index (χ4n) is 2.81. The molecule has 1 N–H and O–H groups in total.